The van der Waals surface area contributed by atoms with E-state index in [9.17, 15) is 8.42 Å². The Kier molecular flexibility index (Phi) is 4.29. The summed E-state index contributed by atoms with van der Waals surface area (Å²) in [6.45, 7) is 0.642. The third-order valence-corrected chi connectivity index (χ3v) is 3.16. The van der Waals surface area contributed by atoms with Crippen LogP contribution in [0.3, 0.4) is 0 Å². The van der Waals surface area contributed by atoms with E-state index in [4.69, 9.17) is 5.73 Å². The number of nitrogens with two attached hydrogens (primary N) is 1. The van der Waals surface area contributed by atoms with Crippen LogP contribution in [0, 0.1) is 0 Å². The van der Waals surface area contributed by atoms with E-state index in [1.54, 1.807) is 0 Å². The number of hydrogen-bond acceptors (Lipinski definition) is 3. The molecular weight excluding hydrogens is 210 g/mol. The maximum absolute atomic E-state index is 11.0. The molecule has 0 radical (unpaired) electrons. The predicted octanol–water partition coefficient (Wildman–Crippen LogP) is 0.775. The van der Waals surface area contributed by atoms with Gasteiger partial charge in [-0.15, -0.1) is 0 Å². The van der Waals surface area contributed by atoms with Gasteiger partial charge in [-0.1, -0.05) is 24.3 Å². The summed E-state index contributed by atoms with van der Waals surface area (Å²) in [7, 11) is -2.86. The van der Waals surface area contributed by atoms with Gasteiger partial charge in [0, 0.05) is 6.26 Å². The molecule has 1 rings (SSSR count). The lowest BCUT2D eigenvalue weighted by Crippen LogP contribution is -2.06. The normalized spacial score (nSPS) is 11.6. The highest BCUT2D eigenvalue weighted by atomic mass is 32.2. The second-order valence-corrected chi connectivity index (χ2v) is 5.99. The third kappa shape index (κ3) is 4.95. The Morgan fingerprint density at radius 2 is 1.53 bits per heavy atom. The first kappa shape index (κ1) is 12.2. The molecule has 15 heavy (non-hydrogen) atoms. The molecule has 84 valence electrons. The van der Waals surface area contributed by atoms with Crippen LogP contribution < -0.4 is 5.73 Å². The lowest BCUT2D eigenvalue weighted by Gasteiger charge is -2.02. The van der Waals surface area contributed by atoms with Crippen LogP contribution in [0.15, 0.2) is 24.3 Å². The van der Waals surface area contributed by atoms with Crippen molar-refractivity contribution in [3.63, 3.8) is 0 Å². The molecule has 2 N–H and O–H groups in total. The van der Waals surface area contributed by atoms with Crippen LogP contribution in [-0.4, -0.2) is 27.0 Å². The van der Waals surface area contributed by atoms with Crippen LogP contribution in [0.25, 0.3) is 0 Å². The smallest absolute Gasteiger partial charge is 0.147 e. The molecule has 0 saturated carbocycles. The largest absolute Gasteiger partial charge is 0.330 e. The SMILES string of the molecule is CS(=O)(=O)CCc1ccc(CCN)cc1. The Labute approximate surface area is 91.2 Å². The van der Waals surface area contributed by atoms with Crippen molar-refractivity contribution in [3.8, 4) is 0 Å². The highest BCUT2D eigenvalue weighted by Crippen LogP contribution is 2.06. The van der Waals surface area contributed by atoms with E-state index in [1.807, 2.05) is 24.3 Å². The van der Waals surface area contributed by atoms with Gasteiger partial charge in [0.15, 0.2) is 0 Å². The molecule has 1 aromatic rings. The average Bonchev–Trinajstić information content (AvgIpc) is 2.16. The average molecular weight is 227 g/mol. The van der Waals surface area contributed by atoms with Crippen molar-refractivity contribution in [1.29, 1.82) is 0 Å². The molecule has 3 nitrogen and oxygen atoms in total. The van der Waals surface area contributed by atoms with Gasteiger partial charge in [0.1, 0.15) is 9.84 Å². The second kappa shape index (κ2) is 5.28. The summed E-state index contributed by atoms with van der Waals surface area (Å²) in [4.78, 5) is 0. The van der Waals surface area contributed by atoms with E-state index in [1.165, 1.54) is 11.8 Å². The minimum absolute atomic E-state index is 0.212. The van der Waals surface area contributed by atoms with Crippen molar-refractivity contribution < 1.29 is 8.42 Å². The number of sulfone groups is 1. The maximum atomic E-state index is 11.0. The highest BCUT2D eigenvalue weighted by Gasteiger charge is 2.02. The fraction of sp³-hybridized carbons (Fsp3) is 0.455. The van der Waals surface area contributed by atoms with Gasteiger partial charge >= 0.3 is 0 Å². The van der Waals surface area contributed by atoms with Gasteiger partial charge in [-0.25, -0.2) is 8.42 Å². The molecule has 0 bridgehead atoms. The first-order valence-corrected chi connectivity index (χ1v) is 7.03. The molecule has 1 aromatic carbocycles. The Morgan fingerprint density at radius 1 is 1.07 bits per heavy atom. The molecule has 0 atom stereocenters. The van der Waals surface area contributed by atoms with Crippen LogP contribution in [0.4, 0.5) is 0 Å². The van der Waals surface area contributed by atoms with E-state index in [2.05, 4.69) is 0 Å². The van der Waals surface area contributed by atoms with Crippen LogP contribution >= 0.6 is 0 Å². The molecular formula is C11H17NO2S. The molecule has 0 spiro atoms. The Bertz CT molecular complexity index is 395. The molecule has 0 aromatic heterocycles. The zero-order valence-electron chi connectivity index (χ0n) is 8.94. The predicted molar refractivity (Wildman–Crippen MR) is 62.6 cm³/mol. The topological polar surface area (TPSA) is 60.2 Å². The number of rotatable bonds is 5. The first-order valence-electron chi connectivity index (χ1n) is 4.97. The van der Waals surface area contributed by atoms with Crippen molar-refractivity contribution in [2.24, 2.45) is 5.73 Å². The molecule has 0 aliphatic heterocycles. The fourth-order valence-corrected chi connectivity index (χ4v) is 1.95. The summed E-state index contributed by atoms with van der Waals surface area (Å²) in [5.74, 6) is 0.212. The number of hydrogen-bond donors (Lipinski definition) is 1. The summed E-state index contributed by atoms with van der Waals surface area (Å²) in [6, 6.07) is 7.95. The molecule has 0 amide bonds. The summed E-state index contributed by atoms with van der Waals surface area (Å²) in [6.07, 6.45) is 2.71. The number of aryl methyl sites for hydroxylation is 1. The molecule has 0 aliphatic rings. The second-order valence-electron chi connectivity index (χ2n) is 3.74. The minimum atomic E-state index is -2.86. The summed E-state index contributed by atoms with van der Waals surface area (Å²) < 4.78 is 21.9. The molecule has 0 saturated heterocycles. The summed E-state index contributed by atoms with van der Waals surface area (Å²) in [5.41, 5.74) is 7.69. The van der Waals surface area contributed by atoms with Crippen LogP contribution in [0.1, 0.15) is 11.1 Å². The van der Waals surface area contributed by atoms with Gasteiger partial charge < -0.3 is 5.73 Å². The van der Waals surface area contributed by atoms with E-state index in [-0.39, 0.29) is 5.75 Å². The van der Waals surface area contributed by atoms with Crippen molar-refractivity contribution in [2.45, 2.75) is 12.8 Å². The summed E-state index contributed by atoms with van der Waals surface area (Å²) >= 11 is 0. The highest BCUT2D eigenvalue weighted by molar-refractivity contribution is 7.90. The van der Waals surface area contributed by atoms with E-state index in [0.29, 0.717) is 13.0 Å². The van der Waals surface area contributed by atoms with Crippen LogP contribution in [0.2, 0.25) is 0 Å². The Hall–Kier alpha value is -0.870. The van der Waals surface area contributed by atoms with E-state index >= 15 is 0 Å². The van der Waals surface area contributed by atoms with Gasteiger partial charge in [-0.2, -0.15) is 0 Å². The molecule has 0 fully saturated rings. The van der Waals surface area contributed by atoms with Crippen molar-refractivity contribution in [3.05, 3.63) is 35.4 Å². The van der Waals surface area contributed by atoms with Gasteiger partial charge in [0.2, 0.25) is 0 Å². The molecule has 4 heteroatoms. The molecule has 0 unspecified atom stereocenters. The van der Waals surface area contributed by atoms with Crippen LogP contribution in [-0.2, 0) is 22.7 Å². The lowest BCUT2D eigenvalue weighted by molar-refractivity contribution is 0.601. The number of benzene rings is 1. The van der Waals surface area contributed by atoms with Crippen molar-refractivity contribution in [1.82, 2.24) is 0 Å². The summed E-state index contributed by atoms with van der Waals surface area (Å²) in [5, 5.41) is 0. The Morgan fingerprint density at radius 3 is 1.93 bits per heavy atom. The first-order chi connectivity index (χ1) is 7.01. The zero-order valence-corrected chi connectivity index (χ0v) is 9.76. The van der Waals surface area contributed by atoms with E-state index < -0.39 is 9.84 Å². The van der Waals surface area contributed by atoms with Crippen molar-refractivity contribution in [2.75, 3.05) is 18.6 Å². The Balaban J connectivity index is 2.57. The monoisotopic (exact) mass is 227 g/mol. The minimum Gasteiger partial charge on any atom is -0.330 e. The van der Waals surface area contributed by atoms with Gasteiger partial charge in [-0.3, -0.25) is 0 Å². The van der Waals surface area contributed by atoms with E-state index in [0.717, 1.165) is 12.0 Å². The lowest BCUT2D eigenvalue weighted by atomic mass is 10.1. The van der Waals surface area contributed by atoms with Crippen molar-refractivity contribution >= 4 is 9.84 Å². The quantitative estimate of drug-likeness (QED) is 0.808. The van der Waals surface area contributed by atoms with Gasteiger partial charge in [-0.05, 0) is 30.5 Å². The van der Waals surface area contributed by atoms with Gasteiger partial charge in [0.25, 0.3) is 0 Å². The molecule has 0 aliphatic carbocycles. The van der Waals surface area contributed by atoms with Gasteiger partial charge in [0.05, 0.1) is 5.75 Å². The maximum Gasteiger partial charge on any atom is 0.147 e. The third-order valence-electron chi connectivity index (χ3n) is 2.22. The standard InChI is InChI=1S/C11H17NO2S/c1-15(13,14)9-7-11-4-2-10(3-5-11)6-8-12/h2-5H,6-9,12H2,1H3. The molecule has 0 heterocycles. The zero-order chi connectivity index (χ0) is 11.3. The fourth-order valence-electron chi connectivity index (χ4n) is 1.34. The van der Waals surface area contributed by atoms with Crippen LogP contribution in [0.5, 0.6) is 0 Å².